The topological polar surface area (TPSA) is 15.3 Å². The highest BCUT2D eigenvalue weighted by Crippen LogP contribution is 2.33. The van der Waals surface area contributed by atoms with Crippen molar-refractivity contribution in [1.29, 1.82) is 0 Å². The molecule has 3 rings (SSSR count). The Bertz CT molecular complexity index is 249. The minimum Gasteiger partial charge on any atom is -0.310 e. The van der Waals surface area contributed by atoms with Gasteiger partial charge >= 0.3 is 0 Å². The molecule has 0 aromatic rings. The van der Waals surface area contributed by atoms with Crippen molar-refractivity contribution in [3.63, 3.8) is 0 Å². The molecule has 1 saturated heterocycles. The molecule has 2 heteroatoms. The van der Waals surface area contributed by atoms with Crippen LogP contribution in [0.3, 0.4) is 0 Å². The average Bonchev–Trinajstić information content (AvgIpc) is 3.20. The van der Waals surface area contributed by atoms with Gasteiger partial charge < -0.3 is 5.32 Å². The molecule has 1 heterocycles. The molecule has 98 valence electrons. The molecule has 0 spiro atoms. The molecule has 2 nitrogen and oxygen atoms in total. The lowest BCUT2D eigenvalue weighted by Crippen LogP contribution is -2.53. The van der Waals surface area contributed by atoms with Crippen LogP contribution in [0.2, 0.25) is 0 Å². The third kappa shape index (κ3) is 2.85. The number of fused-ring (bicyclic) bond motifs is 1. The van der Waals surface area contributed by atoms with Crippen LogP contribution in [0.4, 0.5) is 0 Å². The van der Waals surface area contributed by atoms with Gasteiger partial charge in [0, 0.05) is 24.7 Å². The molecule has 2 saturated carbocycles. The molecule has 0 amide bonds. The summed E-state index contributed by atoms with van der Waals surface area (Å²) in [7, 11) is 0. The van der Waals surface area contributed by atoms with E-state index in [1.54, 1.807) is 0 Å². The average molecular weight is 236 g/mol. The van der Waals surface area contributed by atoms with Gasteiger partial charge in [-0.15, -0.1) is 0 Å². The second kappa shape index (κ2) is 5.27. The number of hydrogen-bond acceptors (Lipinski definition) is 2. The molecule has 3 fully saturated rings. The first-order valence-corrected chi connectivity index (χ1v) is 7.87. The fourth-order valence-electron chi connectivity index (χ4n) is 3.98. The smallest absolute Gasteiger partial charge is 0.0197 e. The highest BCUT2D eigenvalue weighted by molar-refractivity contribution is 4.92. The summed E-state index contributed by atoms with van der Waals surface area (Å²) >= 11 is 0. The van der Waals surface area contributed by atoms with E-state index in [0.717, 1.165) is 24.0 Å². The number of nitrogens with one attached hydrogen (secondary N) is 1. The zero-order valence-corrected chi connectivity index (χ0v) is 11.3. The van der Waals surface area contributed by atoms with Crippen LogP contribution < -0.4 is 5.32 Å². The molecule has 0 aromatic heterocycles. The number of rotatable bonds is 4. The van der Waals surface area contributed by atoms with E-state index in [0.29, 0.717) is 0 Å². The van der Waals surface area contributed by atoms with Crippen molar-refractivity contribution in [3.8, 4) is 0 Å². The molecule has 2 aliphatic carbocycles. The van der Waals surface area contributed by atoms with Gasteiger partial charge in [0.25, 0.3) is 0 Å². The van der Waals surface area contributed by atoms with E-state index in [9.17, 15) is 0 Å². The second-order valence-corrected chi connectivity index (χ2v) is 6.41. The van der Waals surface area contributed by atoms with Crippen LogP contribution in [0, 0.1) is 5.92 Å². The Morgan fingerprint density at radius 2 is 1.82 bits per heavy atom. The standard InChI is InChI=1S/C15H28N2/c1-2-17(14-9-10-14)11-13-8-7-12-5-3-4-6-15(12)16-13/h12-16H,2-11H2,1H3. The van der Waals surface area contributed by atoms with Gasteiger partial charge in [0.15, 0.2) is 0 Å². The Kier molecular flexibility index (Phi) is 3.72. The zero-order valence-electron chi connectivity index (χ0n) is 11.3. The van der Waals surface area contributed by atoms with Crippen LogP contribution >= 0.6 is 0 Å². The lowest BCUT2D eigenvalue weighted by molar-refractivity contribution is 0.143. The summed E-state index contributed by atoms with van der Waals surface area (Å²) in [4.78, 5) is 2.71. The lowest BCUT2D eigenvalue weighted by atomic mass is 9.78. The van der Waals surface area contributed by atoms with Crippen molar-refractivity contribution >= 4 is 0 Å². The van der Waals surface area contributed by atoms with E-state index in [2.05, 4.69) is 17.1 Å². The summed E-state index contributed by atoms with van der Waals surface area (Å²) in [5, 5.41) is 3.96. The maximum atomic E-state index is 3.96. The fourth-order valence-corrected chi connectivity index (χ4v) is 3.98. The van der Waals surface area contributed by atoms with Crippen LogP contribution in [0.25, 0.3) is 0 Å². The third-order valence-corrected chi connectivity index (χ3v) is 5.17. The Balaban J connectivity index is 1.51. The van der Waals surface area contributed by atoms with E-state index in [4.69, 9.17) is 0 Å². The van der Waals surface area contributed by atoms with Gasteiger partial charge in [-0.25, -0.2) is 0 Å². The van der Waals surface area contributed by atoms with Crippen LogP contribution in [0.1, 0.15) is 58.3 Å². The third-order valence-electron chi connectivity index (χ3n) is 5.17. The van der Waals surface area contributed by atoms with Gasteiger partial charge in [0.05, 0.1) is 0 Å². The first-order chi connectivity index (χ1) is 8.36. The molecule has 0 bridgehead atoms. The van der Waals surface area contributed by atoms with Crippen molar-refractivity contribution in [1.82, 2.24) is 10.2 Å². The van der Waals surface area contributed by atoms with Gasteiger partial charge in [0.2, 0.25) is 0 Å². The van der Waals surface area contributed by atoms with E-state index >= 15 is 0 Å². The molecule has 0 radical (unpaired) electrons. The van der Waals surface area contributed by atoms with E-state index in [1.807, 2.05) is 0 Å². The van der Waals surface area contributed by atoms with Crippen LogP contribution in [0.15, 0.2) is 0 Å². The van der Waals surface area contributed by atoms with Crippen molar-refractivity contribution in [3.05, 3.63) is 0 Å². The molecule has 17 heavy (non-hydrogen) atoms. The first kappa shape index (κ1) is 12.0. The molecular weight excluding hydrogens is 208 g/mol. The summed E-state index contributed by atoms with van der Waals surface area (Å²) in [5.41, 5.74) is 0. The largest absolute Gasteiger partial charge is 0.310 e. The van der Waals surface area contributed by atoms with Crippen LogP contribution in [-0.4, -0.2) is 36.1 Å². The minimum absolute atomic E-state index is 0.787. The van der Waals surface area contributed by atoms with Gasteiger partial charge in [0.1, 0.15) is 0 Å². The van der Waals surface area contributed by atoms with Gasteiger partial charge in [-0.1, -0.05) is 19.8 Å². The van der Waals surface area contributed by atoms with Gasteiger partial charge in [-0.3, -0.25) is 4.90 Å². The molecule has 3 aliphatic rings. The molecule has 1 N–H and O–H groups in total. The molecule has 0 aromatic carbocycles. The predicted molar refractivity (Wildman–Crippen MR) is 72.2 cm³/mol. The maximum Gasteiger partial charge on any atom is 0.0197 e. The molecule has 1 aliphatic heterocycles. The number of hydrogen-bond donors (Lipinski definition) is 1. The highest BCUT2D eigenvalue weighted by Gasteiger charge is 2.34. The Hall–Kier alpha value is -0.0800. The van der Waals surface area contributed by atoms with Crippen molar-refractivity contribution in [2.75, 3.05) is 13.1 Å². The predicted octanol–water partition coefficient (Wildman–Crippen LogP) is 2.78. The first-order valence-electron chi connectivity index (χ1n) is 7.87. The van der Waals surface area contributed by atoms with Gasteiger partial charge in [-0.2, -0.15) is 0 Å². The van der Waals surface area contributed by atoms with E-state index in [1.165, 1.54) is 64.5 Å². The summed E-state index contributed by atoms with van der Waals surface area (Å²) < 4.78 is 0. The molecular formula is C15H28N2. The van der Waals surface area contributed by atoms with Crippen molar-refractivity contribution in [2.24, 2.45) is 5.92 Å². The second-order valence-electron chi connectivity index (χ2n) is 6.41. The van der Waals surface area contributed by atoms with Crippen LogP contribution in [0.5, 0.6) is 0 Å². The van der Waals surface area contributed by atoms with E-state index in [-0.39, 0.29) is 0 Å². The summed E-state index contributed by atoms with van der Waals surface area (Å²) in [6.07, 6.45) is 11.7. The summed E-state index contributed by atoms with van der Waals surface area (Å²) in [5.74, 6) is 1.01. The summed E-state index contributed by atoms with van der Waals surface area (Å²) in [6.45, 7) is 4.88. The fraction of sp³-hybridized carbons (Fsp3) is 1.00. The normalized spacial score (nSPS) is 38.1. The highest BCUT2D eigenvalue weighted by atomic mass is 15.2. The van der Waals surface area contributed by atoms with Gasteiger partial charge in [-0.05, 0) is 51.0 Å². The maximum absolute atomic E-state index is 3.96. The lowest BCUT2D eigenvalue weighted by Gasteiger charge is -2.42. The quantitative estimate of drug-likeness (QED) is 0.807. The Morgan fingerprint density at radius 3 is 2.59 bits per heavy atom. The number of nitrogens with zero attached hydrogens (tertiary/aromatic N) is 1. The zero-order chi connectivity index (χ0) is 11.7. The van der Waals surface area contributed by atoms with Crippen molar-refractivity contribution < 1.29 is 0 Å². The van der Waals surface area contributed by atoms with E-state index < -0.39 is 0 Å². The SMILES string of the molecule is CCN(CC1CCC2CCCCC2N1)C1CC1. The molecule has 3 unspecified atom stereocenters. The minimum atomic E-state index is 0.787. The Morgan fingerprint density at radius 1 is 1.00 bits per heavy atom. The van der Waals surface area contributed by atoms with Crippen LogP contribution in [-0.2, 0) is 0 Å². The number of likely N-dealkylation sites (N-methyl/N-ethyl adjacent to an activating group) is 1. The number of piperidine rings is 1. The monoisotopic (exact) mass is 236 g/mol. The summed E-state index contributed by atoms with van der Waals surface area (Å²) in [6, 6.07) is 2.58. The molecule has 3 atom stereocenters. The van der Waals surface area contributed by atoms with Crippen molar-refractivity contribution in [2.45, 2.75) is 76.4 Å². The Labute approximate surface area is 106 Å².